The first-order valence-corrected chi connectivity index (χ1v) is 11.2. The summed E-state index contributed by atoms with van der Waals surface area (Å²) < 4.78 is 17.7. The lowest BCUT2D eigenvalue weighted by molar-refractivity contribution is -0.0934. The van der Waals surface area contributed by atoms with Crippen molar-refractivity contribution in [2.45, 2.75) is 57.3 Å². The zero-order chi connectivity index (χ0) is 22.0. The summed E-state index contributed by atoms with van der Waals surface area (Å²) in [5.41, 5.74) is 4.08. The lowest BCUT2D eigenvalue weighted by Gasteiger charge is -2.33. The van der Waals surface area contributed by atoms with E-state index in [0.29, 0.717) is 43.2 Å². The Morgan fingerprint density at radius 3 is 2.74 bits per heavy atom. The van der Waals surface area contributed by atoms with Crippen LogP contribution in [-0.2, 0) is 11.2 Å². The Kier molecular flexibility index (Phi) is 6.80. The zero-order valence-corrected chi connectivity index (χ0v) is 18.6. The summed E-state index contributed by atoms with van der Waals surface area (Å²) in [6.07, 6.45) is 0.276. The van der Waals surface area contributed by atoms with Gasteiger partial charge in [0.1, 0.15) is 18.0 Å². The maximum absolute atomic E-state index is 10.8. The molecule has 31 heavy (non-hydrogen) atoms. The average molecular weight is 446 g/mol. The lowest BCUT2D eigenvalue weighted by atomic mass is 9.87. The first kappa shape index (κ1) is 22.1. The molecule has 0 aliphatic carbocycles. The van der Waals surface area contributed by atoms with E-state index in [-0.39, 0.29) is 24.7 Å². The second-order valence-corrected chi connectivity index (χ2v) is 8.71. The molecule has 1 saturated heterocycles. The monoisotopic (exact) mass is 445 g/mol. The third-order valence-electron chi connectivity index (χ3n) is 5.97. The van der Waals surface area contributed by atoms with E-state index < -0.39 is 6.10 Å². The molecule has 0 spiro atoms. The molecule has 166 valence electrons. The van der Waals surface area contributed by atoms with Crippen LogP contribution < -0.4 is 9.47 Å². The van der Waals surface area contributed by atoms with Gasteiger partial charge in [-0.15, -0.1) is 0 Å². The van der Waals surface area contributed by atoms with Crippen molar-refractivity contribution in [1.82, 2.24) is 0 Å². The first-order chi connectivity index (χ1) is 15.0. The smallest absolute Gasteiger partial charge is 0.142 e. The van der Waals surface area contributed by atoms with E-state index in [2.05, 4.69) is 18.2 Å². The van der Waals surface area contributed by atoms with Gasteiger partial charge in [0, 0.05) is 24.3 Å². The number of halogens is 1. The second-order valence-electron chi connectivity index (χ2n) is 8.33. The van der Waals surface area contributed by atoms with Crippen molar-refractivity contribution in [1.29, 1.82) is 0 Å². The Morgan fingerprint density at radius 1 is 1.26 bits per heavy atom. The van der Waals surface area contributed by atoms with Gasteiger partial charge in [-0.2, -0.15) is 4.91 Å². The number of ether oxygens (including phenoxy) is 3. The molecule has 0 bridgehead atoms. The van der Waals surface area contributed by atoms with Gasteiger partial charge in [0.2, 0.25) is 0 Å². The van der Waals surface area contributed by atoms with Gasteiger partial charge in [0.05, 0.1) is 36.5 Å². The summed E-state index contributed by atoms with van der Waals surface area (Å²) in [7, 11) is 0. The molecule has 1 N–H and O–H groups in total. The predicted molar refractivity (Wildman–Crippen MR) is 119 cm³/mol. The Balaban J connectivity index is 1.68. The fourth-order valence-electron chi connectivity index (χ4n) is 4.54. The highest BCUT2D eigenvalue weighted by Crippen LogP contribution is 2.48. The molecule has 4 rings (SSSR count). The largest absolute Gasteiger partial charge is 0.494 e. The normalized spacial score (nSPS) is 25.0. The van der Waals surface area contributed by atoms with E-state index in [4.69, 9.17) is 25.8 Å². The van der Waals surface area contributed by atoms with Crippen LogP contribution in [-0.4, -0.2) is 37.1 Å². The molecular formula is C24H28ClNO5. The third-order valence-corrected chi connectivity index (χ3v) is 6.38. The minimum Gasteiger partial charge on any atom is -0.494 e. The molecular weight excluding hydrogens is 418 g/mol. The van der Waals surface area contributed by atoms with Crippen LogP contribution in [0.5, 0.6) is 11.5 Å². The quantitative estimate of drug-likeness (QED) is 0.594. The van der Waals surface area contributed by atoms with Gasteiger partial charge < -0.3 is 19.3 Å². The topological polar surface area (TPSA) is 77.4 Å². The number of hydrogen-bond donors (Lipinski definition) is 1. The Morgan fingerprint density at radius 2 is 2.03 bits per heavy atom. The molecule has 2 heterocycles. The maximum atomic E-state index is 10.8. The molecule has 2 aliphatic heterocycles. The van der Waals surface area contributed by atoms with Crippen LogP contribution in [0.3, 0.4) is 0 Å². The van der Waals surface area contributed by atoms with Crippen LogP contribution in [0.1, 0.15) is 61.0 Å². The minimum absolute atomic E-state index is 0.0361. The highest BCUT2D eigenvalue weighted by Gasteiger charge is 2.36. The van der Waals surface area contributed by atoms with Gasteiger partial charge in [-0.1, -0.05) is 41.9 Å². The van der Waals surface area contributed by atoms with E-state index in [1.165, 1.54) is 0 Å². The summed E-state index contributed by atoms with van der Waals surface area (Å²) in [5.74, 6) is 1.72. The molecule has 0 saturated carbocycles. The van der Waals surface area contributed by atoms with Crippen LogP contribution >= 0.6 is 11.6 Å². The number of nitroso groups, excluding NO2 is 1. The van der Waals surface area contributed by atoms with Crippen molar-refractivity contribution in [2.24, 2.45) is 5.18 Å². The van der Waals surface area contributed by atoms with Crippen molar-refractivity contribution >= 4 is 11.6 Å². The van der Waals surface area contributed by atoms with Crippen LogP contribution in [0.2, 0.25) is 5.02 Å². The van der Waals surface area contributed by atoms with Gasteiger partial charge in [-0.05, 0) is 42.2 Å². The number of rotatable bonds is 7. The van der Waals surface area contributed by atoms with Gasteiger partial charge in [-0.3, -0.25) is 0 Å². The van der Waals surface area contributed by atoms with Crippen LogP contribution in [0.25, 0.3) is 0 Å². The highest BCUT2D eigenvalue weighted by atomic mass is 35.5. The molecule has 0 amide bonds. The van der Waals surface area contributed by atoms with Gasteiger partial charge in [-0.25, -0.2) is 0 Å². The summed E-state index contributed by atoms with van der Waals surface area (Å²) >= 11 is 6.77. The molecule has 2 aromatic rings. The Bertz CT molecular complexity index is 933. The van der Waals surface area contributed by atoms with E-state index in [9.17, 15) is 10.0 Å². The van der Waals surface area contributed by atoms with Gasteiger partial charge in [0.25, 0.3) is 0 Å². The van der Waals surface area contributed by atoms with Crippen molar-refractivity contribution in [2.75, 3.05) is 19.8 Å². The number of nitrogens with zero attached hydrogens (tertiary/aromatic N) is 1. The number of hydrogen-bond acceptors (Lipinski definition) is 6. The molecule has 0 aromatic heterocycles. The van der Waals surface area contributed by atoms with Crippen LogP contribution in [0.15, 0.2) is 35.5 Å². The highest BCUT2D eigenvalue weighted by molar-refractivity contribution is 6.33. The standard InChI is InChI=1S/C24H28ClNO5/c1-3-29-18-6-4-15(5-7-18)8-16-9-20(22-14(2)13-30-24(22)23(16)25)21-11-17(27)10-19(31-21)12-26-28/h4-7,9,14,17,19,21,27H,3,8,10-13H2,1-2H3. The molecule has 4 unspecified atom stereocenters. The van der Waals surface area contributed by atoms with Gasteiger partial charge >= 0.3 is 0 Å². The molecule has 6 nitrogen and oxygen atoms in total. The molecule has 0 radical (unpaired) electrons. The number of fused-ring (bicyclic) bond motifs is 1. The summed E-state index contributed by atoms with van der Waals surface area (Å²) in [4.78, 5) is 10.8. The SMILES string of the molecule is CCOc1ccc(Cc2cc(C3CC(O)CC(CN=O)O3)c3c(c2Cl)OCC3C)cc1. The van der Waals surface area contributed by atoms with Crippen molar-refractivity contribution in [3.63, 3.8) is 0 Å². The third kappa shape index (κ3) is 4.71. The lowest BCUT2D eigenvalue weighted by Crippen LogP contribution is -2.33. The van der Waals surface area contributed by atoms with E-state index in [1.807, 2.05) is 31.2 Å². The van der Waals surface area contributed by atoms with Crippen molar-refractivity contribution in [3.8, 4) is 11.5 Å². The maximum Gasteiger partial charge on any atom is 0.142 e. The molecule has 1 fully saturated rings. The van der Waals surface area contributed by atoms with Crippen LogP contribution in [0, 0.1) is 4.91 Å². The fourth-order valence-corrected chi connectivity index (χ4v) is 4.82. The number of benzene rings is 2. The summed E-state index contributed by atoms with van der Waals surface area (Å²) in [5, 5.41) is 14.0. The molecule has 7 heteroatoms. The summed E-state index contributed by atoms with van der Waals surface area (Å²) in [6.45, 7) is 5.28. The minimum atomic E-state index is -0.538. The Hall–Kier alpha value is -2.15. The van der Waals surface area contributed by atoms with E-state index >= 15 is 0 Å². The second kappa shape index (κ2) is 9.55. The van der Waals surface area contributed by atoms with Crippen molar-refractivity contribution in [3.05, 3.63) is 62.5 Å². The van der Waals surface area contributed by atoms with E-state index in [0.717, 1.165) is 28.0 Å². The zero-order valence-electron chi connectivity index (χ0n) is 17.8. The van der Waals surface area contributed by atoms with Gasteiger partial charge in [0.15, 0.2) is 0 Å². The number of aliphatic hydroxyl groups is 1. The molecule has 4 atom stereocenters. The number of aliphatic hydroxyl groups excluding tert-OH is 1. The molecule has 2 aromatic carbocycles. The predicted octanol–water partition coefficient (Wildman–Crippen LogP) is 5.17. The fraction of sp³-hybridized carbons (Fsp3) is 0.500. The van der Waals surface area contributed by atoms with E-state index in [1.54, 1.807) is 0 Å². The Labute approximate surface area is 187 Å². The first-order valence-electron chi connectivity index (χ1n) is 10.8. The average Bonchev–Trinajstić information content (AvgIpc) is 3.13. The molecule has 2 aliphatic rings. The van der Waals surface area contributed by atoms with Crippen LogP contribution in [0.4, 0.5) is 0 Å². The van der Waals surface area contributed by atoms with Crippen molar-refractivity contribution < 1.29 is 19.3 Å². The summed E-state index contributed by atoms with van der Waals surface area (Å²) in [6, 6.07) is 10.1.